The first-order valence-electron chi connectivity index (χ1n) is 5.38. The van der Waals surface area contributed by atoms with Crippen LogP contribution < -0.4 is 11.3 Å². The summed E-state index contributed by atoms with van der Waals surface area (Å²) in [6, 6.07) is 3.32. The van der Waals surface area contributed by atoms with Gasteiger partial charge < -0.3 is 15.1 Å². The number of nitrogens with one attached hydrogen (secondary N) is 1. The van der Waals surface area contributed by atoms with Crippen molar-refractivity contribution < 1.29 is 4.42 Å². The summed E-state index contributed by atoms with van der Waals surface area (Å²) in [6.07, 6.45) is 1.35. The largest absolute Gasteiger partial charge is 0.416 e. The molecule has 0 radical (unpaired) electrons. The van der Waals surface area contributed by atoms with Crippen LogP contribution in [0.25, 0.3) is 10.9 Å². The summed E-state index contributed by atoms with van der Waals surface area (Å²) >= 11 is 1.24. The molecule has 0 saturated heterocycles. The van der Waals surface area contributed by atoms with Gasteiger partial charge in [-0.15, -0.1) is 10.2 Å². The fourth-order valence-electron chi connectivity index (χ4n) is 1.61. The highest BCUT2D eigenvalue weighted by Gasteiger charge is 2.11. The maximum Gasteiger partial charge on any atom is 0.281 e. The molecule has 0 aliphatic rings. The van der Waals surface area contributed by atoms with Crippen LogP contribution in [-0.2, 0) is 0 Å². The van der Waals surface area contributed by atoms with E-state index in [1.165, 1.54) is 18.1 Å². The molecule has 3 rings (SSSR count). The maximum atomic E-state index is 11.6. The first kappa shape index (κ1) is 11.7. The van der Waals surface area contributed by atoms with E-state index in [4.69, 9.17) is 10.2 Å². The Hall–Kier alpha value is -2.35. The highest BCUT2D eigenvalue weighted by atomic mass is 32.2. The van der Waals surface area contributed by atoms with Crippen molar-refractivity contribution in [3.8, 4) is 0 Å². The highest BCUT2D eigenvalue weighted by Crippen LogP contribution is 2.32. The number of hydrogen-bond donors (Lipinski definition) is 2. The Balaban J connectivity index is 2.09. The van der Waals surface area contributed by atoms with Crippen LogP contribution in [0.2, 0.25) is 0 Å². The second-order valence-electron chi connectivity index (χ2n) is 3.83. The fourth-order valence-corrected chi connectivity index (χ4v) is 2.39. The Morgan fingerprint density at radius 1 is 1.37 bits per heavy atom. The minimum absolute atomic E-state index is 0.220. The number of anilines is 1. The van der Waals surface area contributed by atoms with Crippen LogP contribution >= 0.6 is 11.8 Å². The lowest BCUT2D eigenvalue weighted by molar-refractivity contribution is 0.429. The minimum atomic E-state index is -0.220. The average molecular weight is 275 g/mol. The van der Waals surface area contributed by atoms with Gasteiger partial charge in [0.1, 0.15) is 0 Å². The Kier molecular flexibility index (Phi) is 2.71. The van der Waals surface area contributed by atoms with Crippen molar-refractivity contribution in [2.24, 2.45) is 0 Å². The van der Waals surface area contributed by atoms with Crippen LogP contribution in [0.15, 0.2) is 37.8 Å². The number of H-pyrrole nitrogens is 1. The Morgan fingerprint density at radius 3 is 2.95 bits per heavy atom. The smallest absolute Gasteiger partial charge is 0.281 e. The summed E-state index contributed by atoms with van der Waals surface area (Å²) in [5.74, 6) is 0.483. The summed E-state index contributed by atoms with van der Waals surface area (Å²) in [5, 5.41) is 8.47. The molecule has 96 valence electrons. The van der Waals surface area contributed by atoms with E-state index in [0.29, 0.717) is 32.6 Å². The zero-order valence-electron chi connectivity index (χ0n) is 9.88. The lowest BCUT2D eigenvalue weighted by Crippen LogP contribution is -2.07. The van der Waals surface area contributed by atoms with E-state index in [1.807, 2.05) is 0 Å². The number of rotatable bonds is 2. The number of aromatic amines is 1. The number of nitrogen functional groups attached to an aromatic ring is 1. The number of hydrogen-bond acceptors (Lipinski definition) is 7. The third kappa shape index (κ3) is 2.17. The molecule has 3 N–H and O–H groups in total. The number of nitrogens with zero attached hydrogens (tertiary/aromatic N) is 3. The van der Waals surface area contributed by atoms with E-state index in [0.717, 1.165) is 0 Å². The molecule has 0 unspecified atom stereocenters. The second kappa shape index (κ2) is 4.39. The van der Waals surface area contributed by atoms with Crippen LogP contribution in [0.1, 0.15) is 5.89 Å². The molecule has 0 amide bonds. The van der Waals surface area contributed by atoms with Crippen LogP contribution in [0, 0.1) is 6.92 Å². The zero-order valence-corrected chi connectivity index (χ0v) is 10.7. The van der Waals surface area contributed by atoms with Crippen molar-refractivity contribution >= 4 is 28.4 Å². The van der Waals surface area contributed by atoms with Crippen molar-refractivity contribution in [3.05, 3.63) is 34.7 Å². The number of nitrogens with two attached hydrogens (primary N) is 1. The number of aryl methyl sites for hydroxylation is 1. The predicted octanol–water partition coefficient (Wildman–Crippen LogP) is 1.35. The standard InChI is InChI=1S/C11H9N5O2S/c1-5-15-16-11(18-5)19-9-3-8-6(2-7(9)12)10(17)14-4-13-8/h2-4H,12H2,1H3,(H,13,14,17). The number of benzene rings is 1. The molecule has 19 heavy (non-hydrogen) atoms. The van der Waals surface area contributed by atoms with Gasteiger partial charge in [0.05, 0.1) is 17.2 Å². The molecule has 2 aromatic heterocycles. The second-order valence-corrected chi connectivity index (χ2v) is 4.82. The van der Waals surface area contributed by atoms with E-state index < -0.39 is 0 Å². The van der Waals surface area contributed by atoms with Crippen LogP contribution in [0.3, 0.4) is 0 Å². The molecule has 0 fully saturated rings. The van der Waals surface area contributed by atoms with Crippen LogP contribution in [-0.4, -0.2) is 20.2 Å². The Labute approximate surface area is 111 Å². The van der Waals surface area contributed by atoms with E-state index in [9.17, 15) is 4.79 Å². The van der Waals surface area contributed by atoms with Gasteiger partial charge in [-0.3, -0.25) is 4.79 Å². The minimum Gasteiger partial charge on any atom is -0.416 e. The summed E-state index contributed by atoms with van der Waals surface area (Å²) in [4.78, 5) is 18.9. The Morgan fingerprint density at radius 2 is 2.21 bits per heavy atom. The summed E-state index contributed by atoms with van der Waals surface area (Å²) in [6.45, 7) is 1.71. The third-order valence-electron chi connectivity index (χ3n) is 2.48. The summed E-state index contributed by atoms with van der Waals surface area (Å²) < 4.78 is 5.28. The summed E-state index contributed by atoms with van der Waals surface area (Å²) in [5.41, 5.74) is 6.73. The molecule has 7 nitrogen and oxygen atoms in total. The van der Waals surface area contributed by atoms with Gasteiger partial charge in [0.15, 0.2) is 0 Å². The number of fused-ring (bicyclic) bond motifs is 1. The third-order valence-corrected chi connectivity index (χ3v) is 3.39. The van der Waals surface area contributed by atoms with Crippen molar-refractivity contribution in [1.29, 1.82) is 0 Å². The van der Waals surface area contributed by atoms with Crippen LogP contribution in [0.5, 0.6) is 0 Å². The SMILES string of the molecule is Cc1nnc(Sc2cc3nc[nH]c(=O)c3cc2N)o1. The van der Waals surface area contributed by atoms with Crippen molar-refractivity contribution in [3.63, 3.8) is 0 Å². The monoisotopic (exact) mass is 275 g/mol. The summed E-state index contributed by atoms with van der Waals surface area (Å²) in [7, 11) is 0. The van der Waals surface area contributed by atoms with Gasteiger partial charge in [-0.2, -0.15) is 0 Å². The fraction of sp³-hybridized carbons (Fsp3) is 0.0909. The highest BCUT2D eigenvalue weighted by molar-refractivity contribution is 7.99. The molecule has 2 heterocycles. The van der Waals surface area contributed by atoms with Crippen LogP contribution in [0.4, 0.5) is 5.69 Å². The van der Waals surface area contributed by atoms with Crippen molar-refractivity contribution in [1.82, 2.24) is 20.2 Å². The van der Waals surface area contributed by atoms with Gasteiger partial charge in [0.25, 0.3) is 10.8 Å². The van der Waals surface area contributed by atoms with Gasteiger partial charge in [-0.1, -0.05) is 0 Å². The van der Waals surface area contributed by atoms with Gasteiger partial charge >= 0.3 is 0 Å². The van der Waals surface area contributed by atoms with Gasteiger partial charge in [0.2, 0.25) is 5.89 Å². The lowest BCUT2D eigenvalue weighted by Gasteiger charge is -2.04. The molecule has 8 heteroatoms. The lowest BCUT2D eigenvalue weighted by atomic mass is 10.2. The van der Waals surface area contributed by atoms with Crippen molar-refractivity contribution in [2.75, 3.05) is 5.73 Å². The average Bonchev–Trinajstić information content (AvgIpc) is 2.77. The number of aromatic nitrogens is 4. The molecule has 0 aliphatic carbocycles. The molecule has 0 bridgehead atoms. The zero-order chi connectivity index (χ0) is 13.4. The Bertz CT molecular complexity index is 810. The molecular formula is C11H9N5O2S. The van der Waals surface area contributed by atoms with Gasteiger partial charge in [-0.05, 0) is 23.9 Å². The topological polar surface area (TPSA) is 111 Å². The predicted molar refractivity (Wildman–Crippen MR) is 69.9 cm³/mol. The molecule has 1 aromatic carbocycles. The normalized spacial score (nSPS) is 11.0. The first-order chi connectivity index (χ1) is 9.13. The van der Waals surface area contributed by atoms with E-state index in [-0.39, 0.29) is 5.56 Å². The molecule has 3 aromatic rings. The van der Waals surface area contributed by atoms with Crippen molar-refractivity contribution in [2.45, 2.75) is 17.0 Å². The molecule has 0 spiro atoms. The molecule has 0 saturated carbocycles. The van der Waals surface area contributed by atoms with Gasteiger partial charge in [0, 0.05) is 17.5 Å². The molecule has 0 atom stereocenters. The quantitative estimate of drug-likeness (QED) is 0.679. The first-order valence-corrected chi connectivity index (χ1v) is 6.20. The molecule has 0 aliphatic heterocycles. The maximum absolute atomic E-state index is 11.6. The van der Waals surface area contributed by atoms with E-state index in [2.05, 4.69) is 20.2 Å². The van der Waals surface area contributed by atoms with Gasteiger partial charge in [-0.25, -0.2) is 4.98 Å². The van der Waals surface area contributed by atoms with E-state index in [1.54, 1.807) is 19.1 Å². The van der Waals surface area contributed by atoms with E-state index >= 15 is 0 Å². The molecular weight excluding hydrogens is 266 g/mol.